The predicted molar refractivity (Wildman–Crippen MR) is 46.2 cm³/mol. The van der Waals surface area contributed by atoms with E-state index in [1.54, 1.807) is 17.0 Å². The smallest absolute Gasteiger partial charge is 0.185 e. The van der Waals surface area contributed by atoms with E-state index in [2.05, 4.69) is 15.0 Å². The minimum Gasteiger partial charge on any atom is -0.329 e. The molecular weight excluding hydrogens is 170 g/mol. The van der Waals surface area contributed by atoms with Gasteiger partial charge in [-0.3, -0.25) is 4.79 Å². The molecule has 1 heterocycles. The van der Waals surface area contributed by atoms with Crippen molar-refractivity contribution in [2.45, 2.75) is 13.0 Å². The summed E-state index contributed by atoms with van der Waals surface area (Å²) >= 11 is 0. The number of nitrogens with zero attached hydrogens (tertiary/aromatic N) is 5. The third-order valence-electron chi connectivity index (χ3n) is 1.57. The van der Waals surface area contributed by atoms with Gasteiger partial charge >= 0.3 is 0 Å². The molecule has 1 aromatic rings. The zero-order valence-corrected chi connectivity index (χ0v) is 7.00. The lowest BCUT2D eigenvalue weighted by Gasteiger charge is -2.00. The second-order valence-electron chi connectivity index (χ2n) is 2.40. The molecule has 1 rings (SSSR count). The van der Waals surface area contributed by atoms with Crippen LogP contribution in [0.5, 0.6) is 0 Å². The van der Waals surface area contributed by atoms with E-state index in [9.17, 15) is 4.79 Å². The van der Waals surface area contributed by atoms with Crippen molar-refractivity contribution in [3.05, 3.63) is 28.7 Å². The summed E-state index contributed by atoms with van der Waals surface area (Å²) in [6.45, 7) is 1.08. The molecule has 0 spiro atoms. The molecule has 0 aromatic carbocycles. The Morgan fingerprint density at radius 3 is 3.31 bits per heavy atom. The number of hydrogen-bond acceptors (Lipinski definition) is 3. The van der Waals surface area contributed by atoms with Gasteiger partial charge in [0.05, 0.1) is 0 Å². The number of azide groups is 1. The molecule has 0 saturated heterocycles. The van der Waals surface area contributed by atoms with Crippen molar-refractivity contribution in [1.82, 2.24) is 9.55 Å². The summed E-state index contributed by atoms with van der Waals surface area (Å²) in [5.41, 5.74) is 8.01. The number of rotatable bonds is 5. The second-order valence-corrected chi connectivity index (χ2v) is 2.40. The van der Waals surface area contributed by atoms with Crippen molar-refractivity contribution in [2.75, 3.05) is 6.54 Å². The average Bonchev–Trinajstić information content (AvgIpc) is 2.60. The molecule has 68 valence electrons. The molecule has 0 bridgehead atoms. The van der Waals surface area contributed by atoms with Crippen LogP contribution in [-0.2, 0) is 6.54 Å². The first kappa shape index (κ1) is 9.28. The van der Waals surface area contributed by atoms with E-state index >= 15 is 0 Å². The minimum absolute atomic E-state index is 0.404. The molecule has 0 radical (unpaired) electrons. The van der Waals surface area contributed by atoms with Gasteiger partial charge in [-0.15, -0.1) is 0 Å². The standard InChI is InChI=1S/C7H9N5O/c8-11-10-2-1-4-12-5-3-9-7(12)6-13/h3,5-6H,1-2,4H2. The Morgan fingerprint density at radius 1 is 1.77 bits per heavy atom. The molecule has 0 atom stereocenters. The number of aryl methyl sites for hydroxylation is 1. The van der Waals surface area contributed by atoms with Gasteiger partial charge < -0.3 is 4.57 Å². The molecule has 0 saturated carbocycles. The van der Waals surface area contributed by atoms with Gasteiger partial charge in [-0.25, -0.2) is 4.98 Å². The van der Waals surface area contributed by atoms with Crippen LogP contribution in [0.4, 0.5) is 0 Å². The average molecular weight is 179 g/mol. The van der Waals surface area contributed by atoms with Gasteiger partial charge in [-0.05, 0) is 12.0 Å². The zero-order valence-electron chi connectivity index (χ0n) is 7.00. The first-order chi connectivity index (χ1) is 6.38. The summed E-state index contributed by atoms with van der Waals surface area (Å²) < 4.78 is 1.72. The lowest BCUT2D eigenvalue weighted by atomic mass is 10.4. The van der Waals surface area contributed by atoms with Crippen LogP contribution in [0, 0.1) is 0 Å². The third-order valence-corrected chi connectivity index (χ3v) is 1.57. The molecule has 0 amide bonds. The van der Waals surface area contributed by atoms with Crippen molar-refractivity contribution >= 4 is 6.29 Å². The van der Waals surface area contributed by atoms with Crippen LogP contribution in [0.25, 0.3) is 10.4 Å². The Kier molecular flexibility index (Phi) is 3.53. The van der Waals surface area contributed by atoms with Crippen molar-refractivity contribution in [3.63, 3.8) is 0 Å². The third kappa shape index (κ3) is 2.61. The van der Waals surface area contributed by atoms with Crippen LogP contribution in [0.2, 0.25) is 0 Å². The molecule has 1 aromatic heterocycles. The highest BCUT2D eigenvalue weighted by Gasteiger charge is 1.98. The largest absolute Gasteiger partial charge is 0.329 e. The normalized spacial score (nSPS) is 9.23. The second kappa shape index (κ2) is 4.95. The Morgan fingerprint density at radius 2 is 2.62 bits per heavy atom. The van der Waals surface area contributed by atoms with Gasteiger partial charge in [0.15, 0.2) is 12.1 Å². The van der Waals surface area contributed by atoms with Gasteiger partial charge in [-0.2, -0.15) is 0 Å². The molecule has 0 fully saturated rings. The van der Waals surface area contributed by atoms with Crippen molar-refractivity contribution < 1.29 is 4.79 Å². The Labute approximate surface area is 74.8 Å². The molecule has 13 heavy (non-hydrogen) atoms. The zero-order chi connectivity index (χ0) is 9.52. The molecule has 6 heteroatoms. The highest BCUT2D eigenvalue weighted by atomic mass is 16.1. The topological polar surface area (TPSA) is 83.7 Å². The lowest BCUT2D eigenvalue weighted by molar-refractivity contribution is 0.111. The summed E-state index contributed by atoms with van der Waals surface area (Å²) in [5.74, 6) is 0.404. The van der Waals surface area contributed by atoms with Crippen molar-refractivity contribution in [1.29, 1.82) is 0 Å². The van der Waals surface area contributed by atoms with Gasteiger partial charge in [0, 0.05) is 30.4 Å². The van der Waals surface area contributed by atoms with Crippen LogP contribution < -0.4 is 0 Å². The van der Waals surface area contributed by atoms with E-state index in [0.29, 0.717) is 31.6 Å². The maximum absolute atomic E-state index is 10.4. The Hall–Kier alpha value is -1.81. The van der Waals surface area contributed by atoms with E-state index in [1.165, 1.54) is 0 Å². The predicted octanol–water partition coefficient (Wildman–Crippen LogP) is 1.40. The summed E-state index contributed by atoms with van der Waals surface area (Å²) in [6, 6.07) is 0. The van der Waals surface area contributed by atoms with E-state index in [0.717, 1.165) is 0 Å². The monoisotopic (exact) mass is 179 g/mol. The fourth-order valence-electron chi connectivity index (χ4n) is 0.984. The molecule has 0 aliphatic rings. The minimum atomic E-state index is 0.404. The van der Waals surface area contributed by atoms with Gasteiger partial charge in [0.1, 0.15) is 0 Å². The van der Waals surface area contributed by atoms with Crippen LogP contribution in [-0.4, -0.2) is 22.4 Å². The summed E-state index contributed by atoms with van der Waals surface area (Å²) in [5, 5.41) is 3.39. The van der Waals surface area contributed by atoms with Crippen LogP contribution in [0.15, 0.2) is 17.5 Å². The molecule has 6 nitrogen and oxygen atoms in total. The van der Waals surface area contributed by atoms with Gasteiger partial charge in [0.2, 0.25) is 0 Å². The van der Waals surface area contributed by atoms with E-state index in [-0.39, 0.29) is 0 Å². The Balaban J connectivity index is 2.44. The van der Waals surface area contributed by atoms with Crippen molar-refractivity contribution in [3.8, 4) is 0 Å². The van der Waals surface area contributed by atoms with Crippen LogP contribution in [0.3, 0.4) is 0 Å². The summed E-state index contributed by atoms with van der Waals surface area (Å²) in [6.07, 6.45) is 4.70. The quantitative estimate of drug-likeness (QED) is 0.225. The fourth-order valence-corrected chi connectivity index (χ4v) is 0.984. The SMILES string of the molecule is [N-]=[N+]=NCCCn1ccnc1C=O. The highest BCUT2D eigenvalue weighted by Crippen LogP contribution is 1.96. The highest BCUT2D eigenvalue weighted by molar-refractivity contribution is 5.69. The first-order valence-electron chi connectivity index (χ1n) is 3.85. The molecule has 0 unspecified atom stereocenters. The molecular formula is C7H9N5O. The van der Waals surface area contributed by atoms with Crippen LogP contribution >= 0.6 is 0 Å². The van der Waals surface area contributed by atoms with Crippen molar-refractivity contribution in [2.24, 2.45) is 5.11 Å². The molecule has 0 N–H and O–H groups in total. The number of aromatic nitrogens is 2. The van der Waals surface area contributed by atoms with Gasteiger partial charge in [0.25, 0.3) is 0 Å². The summed E-state index contributed by atoms with van der Waals surface area (Å²) in [7, 11) is 0. The lowest BCUT2D eigenvalue weighted by Crippen LogP contribution is -2.02. The van der Waals surface area contributed by atoms with E-state index in [4.69, 9.17) is 5.53 Å². The van der Waals surface area contributed by atoms with E-state index in [1.807, 2.05) is 0 Å². The first-order valence-corrected chi connectivity index (χ1v) is 3.85. The molecule has 0 aliphatic heterocycles. The summed E-state index contributed by atoms with van der Waals surface area (Å²) in [4.78, 5) is 16.9. The van der Waals surface area contributed by atoms with E-state index < -0.39 is 0 Å². The van der Waals surface area contributed by atoms with Gasteiger partial charge in [-0.1, -0.05) is 5.11 Å². The maximum atomic E-state index is 10.4. The maximum Gasteiger partial charge on any atom is 0.185 e. The number of carbonyl (C=O) groups is 1. The number of imidazole rings is 1. The fraction of sp³-hybridized carbons (Fsp3) is 0.429. The number of carbonyl (C=O) groups excluding carboxylic acids is 1. The Bertz CT molecular complexity index is 325. The number of hydrogen-bond donors (Lipinski definition) is 0. The van der Waals surface area contributed by atoms with Crippen LogP contribution in [0.1, 0.15) is 17.0 Å². The number of aldehydes is 1. The molecule has 0 aliphatic carbocycles.